The minimum Gasteiger partial charge on any atom is -0.384 e. The van der Waals surface area contributed by atoms with Gasteiger partial charge in [-0.15, -0.1) is 12.4 Å². The van der Waals surface area contributed by atoms with Crippen molar-refractivity contribution < 1.29 is 14.3 Å². The first-order valence-corrected chi connectivity index (χ1v) is 6.52. The van der Waals surface area contributed by atoms with Crippen LogP contribution in [-0.2, 0) is 14.3 Å². The number of nitrogens with one attached hydrogen (secondary N) is 1. The van der Waals surface area contributed by atoms with Gasteiger partial charge in [-0.05, 0) is 12.1 Å². The summed E-state index contributed by atoms with van der Waals surface area (Å²) in [6.07, 6.45) is 1.84. The van der Waals surface area contributed by atoms with E-state index in [0.717, 1.165) is 0 Å². The monoisotopic (exact) mass is 314 g/mol. The quantitative estimate of drug-likeness (QED) is 0.851. The van der Waals surface area contributed by atoms with Crippen molar-refractivity contribution in [2.75, 3.05) is 37.4 Å². The van der Waals surface area contributed by atoms with Crippen LogP contribution in [0, 0.1) is 0 Å². The number of hydrogen-bond acceptors (Lipinski definition) is 5. The van der Waals surface area contributed by atoms with Crippen molar-refractivity contribution in [1.29, 1.82) is 0 Å². The molecule has 0 bridgehead atoms. The molecule has 2 amide bonds. The van der Waals surface area contributed by atoms with E-state index in [-0.39, 0.29) is 37.1 Å². The van der Waals surface area contributed by atoms with E-state index in [1.165, 1.54) is 6.20 Å². The maximum atomic E-state index is 11.9. The molecular formula is C13H19ClN4O3. The Morgan fingerprint density at radius 3 is 2.62 bits per heavy atom. The van der Waals surface area contributed by atoms with E-state index < -0.39 is 0 Å². The molecule has 0 unspecified atom stereocenters. The molecule has 0 saturated carbocycles. The zero-order valence-electron chi connectivity index (χ0n) is 11.6. The van der Waals surface area contributed by atoms with Gasteiger partial charge in [0.25, 0.3) is 0 Å². The molecule has 1 aromatic rings. The van der Waals surface area contributed by atoms with Crippen molar-refractivity contribution in [3.8, 4) is 0 Å². The summed E-state index contributed by atoms with van der Waals surface area (Å²) in [6.45, 7) is 2.33. The van der Waals surface area contributed by atoms with E-state index in [0.29, 0.717) is 37.8 Å². The van der Waals surface area contributed by atoms with Crippen molar-refractivity contribution in [1.82, 2.24) is 9.88 Å². The summed E-state index contributed by atoms with van der Waals surface area (Å²) in [5.41, 5.74) is 6.03. The normalized spacial score (nSPS) is 14.2. The Hall–Kier alpha value is -1.86. The molecule has 1 saturated heterocycles. The van der Waals surface area contributed by atoms with Crippen LogP contribution in [-0.4, -0.2) is 48.0 Å². The highest BCUT2D eigenvalue weighted by molar-refractivity contribution is 5.93. The molecular weight excluding hydrogens is 296 g/mol. The Bertz CT molecular complexity index is 475. The van der Waals surface area contributed by atoms with Crippen molar-refractivity contribution >= 4 is 35.7 Å². The first-order valence-electron chi connectivity index (χ1n) is 6.52. The van der Waals surface area contributed by atoms with Gasteiger partial charge >= 0.3 is 0 Å². The third-order valence-corrected chi connectivity index (χ3v) is 3.00. The lowest BCUT2D eigenvalue weighted by atomic mass is 10.2. The van der Waals surface area contributed by atoms with Crippen LogP contribution in [0.3, 0.4) is 0 Å². The van der Waals surface area contributed by atoms with Crippen molar-refractivity contribution in [3.05, 3.63) is 18.3 Å². The molecule has 0 atom stereocenters. The highest BCUT2D eigenvalue weighted by Gasteiger charge is 2.17. The van der Waals surface area contributed by atoms with Gasteiger partial charge in [0.1, 0.15) is 5.82 Å². The molecule has 1 aliphatic rings. The molecule has 21 heavy (non-hydrogen) atoms. The highest BCUT2D eigenvalue weighted by Crippen LogP contribution is 2.08. The predicted molar refractivity (Wildman–Crippen MR) is 81.2 cm³/mol. The zero-order valence-corrected chi connectivity index (χ0v) is 12.4. The van der Waals surface area contributed by atoms with Crippen LogP contribution in [0.15, 0.2) is 18.3 Å². The first kappa shape index (κ1) is 17.2. The number of aromatic nitrogens is 1. The predicted octanol–water partition coefficient (Wildman–Crippen LogP) is 0.663. The Morgan fingerprint density at radius 2 is 2.00 bits per heavy atom. The summed E-state index contributed by atoms with van der Waals surface area (Å²) >= 11 is 0. The maximum absolute atomic E-state index is 11.9. The van der Waals surface area contributed by atoms with Gasteiger partial charge < -0.3 is 20.7 Å². The number of ether oxygens (including phenoxy) is 1. The Morgan fingerprint density at radius 1 is 1.29 bits per heavy atom. The first-order chi connectivity index (χ1) is 9.65. The average molecular weight is 315 g/mol. The number of carbonyl (C=O) groups excluding carboxylic acids is 2. The van der Waals surface area contributed by atoms with Gasteiger partial charge in [-0.1, -0.05) is 0 Å². The number of pyridine rings is 1. The zero-order chi connectivity index (χ0) is 14.4. The Balaban J connectivity index is 0.00000220. The number of nitrogens with two attached hydrogens (primary N) is 1. The molecule has 1 fully saturated rings. The number of rotatable bonds is 4. The Labute approximate surface area is 129 Å². The summed E-state index contributed by atoms with van der Waals surface area (Å²) in [7, 11) is 0. The van der Waals surface area contributed by atoms with Gasteiger partial charge in [-0.3, -0.25) is 9.59 Å². The van der Waals surface area contributed by atoms with E-state index in [2.05, 4.69) is 10.3 Å². The summed E-state index contributed by atoms with van der Waals surface area (Å²) in [5.74, 6) is 0.169. The number of halogens is 1. The summed E-state index contributed by atoms with van der Waals surface area (Å²) in [5, 5.41) is 2.67. The lowest BCUT2D eigenvalue weighted by molar-refractivity contribution is -0.136. The molecule has 7 nitrogen and oxygen atoms in total. The average Bonchev–Trinajstić information content (AvgIpc) is 2.48. The SMILES string of the molecule is Cl.Nc1ccc(NC(=O)CCC(=O)N2CCOCC2)cn1. The number of carbonyl (C=O) groups is 2. The lowest BCUT2D eigenvalue weighted by Crippen LogP contribution is -2.40. The summed E-state index contributed by atoms with van der Waals surface area (Å²) in [4.78, 5) is 29.2. The fourth-order valence-electron chi connectivity index (χ4n) is 1.89. The van der Waals surface area contributed by atoms with Crippen LogP contribution in [0.5, 0.6) is 0 Å². The number of anilines is 2. The second-order valence-corrected chi connectivity index (χ2v) is 4.51. The fraction of sp³-hybridized carbons (Fsp3) is 0.462. The smallest absolute Gasteiger partial charge is 0.224 e. The molecule has 0 aliphatic carbocycles. The van der Waals surface area contributed by atoms with Gasteiger partial charge in [0, 0.05) is 25.9 Å². The van der Waals surface area contributed by atoms with E-state index in [4.69, 9.17) is 10.5 Å². The van der Waals surface area contributed by atoms with Crippen LogP contribution in [0.2, 0.25) is 0 Å². The topological polar surface area (TPSA) is 97.5 Å². The van der Waals surface area contributed by atoms with E-state index in [9.17, 15) is 9.59 Å². The minimum absolute atomic E-state index is 0. The molecule has 8 heteroatoms. The molecule has 2 rings (SSSR count). The highest BCUT2D eigenvalue weighted by atomic mass is 35.5. The number of amides is 2. The molecule has 1 aliphatic heterocycles. The molecule has 2 heterocycles. The summed E-state index contributed by atoms with van der Waals surface area (Å²) < 4.78 is 5.17. The minimum atomic E-state index is -0.210. The van der Waals surface area contributed by atoms with E-state index in [1.807, 2.05) is 0 Å². The Kier molecular flexibility index (Phi) is 6.90. The third kappa shape index (κ3) is 5.57. The van der Waals surface area contributed by atoms with Crippen molar-refractivity contribution in [2.24, 2.45) is 0 Å². The number of nitrogens with zero attached hydrogens (tertiary/aromatic N) is 2. The maximum Gasteiger partial charge on any atom is 0.224 e. The molecule has 0 radical (unpaired) electrons. The van der Waals surface area contributed by atoms with Crippen molar-refractivity contribution in [3.63, 3.8) is 0 Å². The van der Waals surface area contributed by atoms with Crippen LogP contribution in [0.1, 0.15) is 12.8 Å². The van der Waals surface area contributed by atoms with Gasteiger partial charge in [0.05, 0.1) is 25.1 Å². The second-order valence-electron chi connectivity index (χ2n) is 4.51. The summed E-state index contributed by atoms with van der Waals surface area (Å²) in [6, 6.07) is 3.28. The van der Waals surface area contributed by atoms with Gasteiger partial charge in [0.2, 0.25) is 11.8 Å². The molecule has 3 N–H and O–H groups in total. The van der Waals surface area contributed by atoms with Crippen molar-refractivity contribution in [2.45, 2.75) is 12.8 Å². The van der Waals surface area contributed by atoms with Crippen LogP contribution < -0.4 is 11.1 Å². The molecule has 116 valence electrons. The molecule has 0 spiro atoms. The van der Waals surface area contributed by atoms with Gasteiger partial charge in [-0.25, -0.2) is 4.98 Å². The largest absolute Gasteiger partial charge is 0.384 e. The van der Waals surface area contributed by atoms with E-state index in [1.54, 1.807) is 17.0 Å². The third-order valence-electron chi connectivity index (χ3n) is 3.00. The standard InChI is InChI=1S/C13H18N4O3.ClH/c14-11-2-1-10(9-15-11)16-12(18)3-4-13(19)17-5-7-20-8-6-17;/h1-2,9H,3-8H2,(H2,14,15)(H,16,18);1H. The van der Waals surface area contributed by atoms with E-state index >= 15 is 0 Å². The van der Waals surface area contributed by atoms with Gasteiger partial charge in [0.15, 0.2) is 0 Å². The molecule has 0 aromatic carbocycles. The van der Waals surface area contributed by atoms with Crippen LogP contribution >= 0.6 is 12.4 Å². The number of hydrogen-bond donors (Lipinski definition) is 2. The molecule has 1 aromatic heterocycles. The van der Waals surface area contributed by atoms with Gasteiger partial charge in [-0.2, -0.15) is 0 Å². The van der Waals surface area contributed by atoms with Crippen LogP contribution in [0.4, 0.5) is 11.5 Å². The van der Waals surface area contributed by atoms with Crippen LogP contribution in [0.25, 0.3) is 0 Å². The lowest BCUT2D eigenvalue weighted by Gasteiger charge is -2.26. The number of nitrogen functional groups attached to an aromatic ring is 1. The second kappa shape index (κ2) is 8.43. The fourth-order valence-corrected chi connectivity index (χ4v) is 1.89. The number of morpholine rings is 1.